The molecular formula is C92H67N2P. The van der Waals surface area contributed by atoms with Gasteiger partial charge in [0.25, 0.3) is 0 Å². The Morgan fingerprint density at radius 3 is 0.874 bits per heavy atom. The van der Waals surface area contributed by atoms with E-state index in [4.69, 9.17) is 0 Å². The van der Waals surface area contributed by atoms with Crippen LogP contribution in [0.4, 0.5) is 34.1 Å². The zero-order chi connectivity index (χ0) is 63.5. The molecule has 2 aliphatic carbocycles. The van der Waals surface area contributed by atoms with Gasteiger partial charge in [0.1, 0.15) is 0 Å². The van der Waals surface area contributed by atoms with Crippen LogP contribution < -0.4 is 9.80 Å². The minimum atomic E-state index is -0.727. The van der Waals surface area contributed by atoms with Gasteiger partial charge in [-0.05, 0) is 223 Å². The highest BCUT2D eigenvalue weighted by atomic mass is 31.1. The van der Waals surface area contributed by atoms with Crippen LogP contribution in [-0.4, -0.2) is 0 Å². The molecule has 95 heavy (non-hydrogen) atoms. The SMILES string of the molecule is CC1(C)c2cc(/C=C/c3ccc4c(c3)c3cc(/C=C/c5ccc6c(c5)C(C)(C)c5cc(N(c7ccc8ccccc8c7)c7ccc8ccccc8c7)ccc5-6)ccc3p4-c3ccccc3)ccc2-c2ccc(N(c3ccc4ccccc4c3)c3ccc4ccccc4c3)cc21. The highest BCUT2D eigenvalue weighted by Gasteiger charge is 2.38. The number of benzene rings is 15. The average molecular weight is 1230 g/mol. The summed E-state index contributed by atoms with van der Waals surface area (Å²) in [5.74, 6) is 0. The van der Waals surface area contributed by atoms with Gasteiger partial charge >= 0.3 is 0 Å². The van der Waals surface area contributed by atoms with E-state index in [2.05, 4.69) is 371 Å². The van der Waals surface area contributed by atoms with Crippen molar-refractivity contribution in [1.82, 2.24) is 0 Å². The van der Waals surface area contributed by atoms with Crippen molar-refractivity contribution in [3.63, 3.8) is 0 Å². The lowest BCUT2D eigenvalue weighted by Gasteiger charge is -2.28. The second-order valence-corrected chi connectivity index (χ2v) is 29.2. The summed E-state index contributed by atoms with van der Waals surface area (Å²) in [6.07, 6.45) is 9.25. The van der Waals surface area contributed by atoms with E-state index in [1.807, 2.05) is 0 Å². The molecule has 450 valence electrons. The zero-order valence-electron chi connectivity index (χ0n) is 53.6. The van der Waals surface area contributed by atoms with E-state index in [0.29, 0.717) is 0 Å². The topological polar surface area (TPSA) is 6.48 Å². The maximum Gasteiger partial charge on any atom is 0.0468 e. The van der Waals surface area contributed by atoms with Crippen molar-refractivity contribution >= 4 is 130 Å². The second-order valence-electron chi connectivity index (χ2n) is 27.0. The molecule has 0 amide bonds. The lowest BCUT2D eigenvalue weighted by Crippen LogP contribution is -2.16. The van der Waals surface area contributed by atoms with Crippen LogP contribution in [0.15, 0.2) is 309 Å². The summed E-state index contributed by atoms with van der Waals surface area (Å²) in [5.41, 5.74) is 21.8. The van der Waals surface area contributed by atoms with Gasteiger partial charge in [0, 0.05) is 55.2 Å². The van der Waals surface area contributed by atoms with Gasteiger partial charge in [-0.3, -0.25) is 0 Å². The summed E-state index contributed by atoms with van der Waals surface area (Å²) in [6.45, 7) is 9.58. The molecule has 0 spiro atoms. The largest absolute Gasteiger partial charge is 0.310 e. The standard InChI is InChI=1S/C92H67N2P/c1-91(2)85-52-62(30-44-79(85)81-46-42-76(58-87(81)91)93(72-38-34-64-16-8-12-20-68(64)54-72)73-39-35-65-17-9-13-21-69(65)55-73)28-26-60-32-48-89-83(50-60)84-51-61(33-49-90(84)95(89)78-24-6-5-7-25-78)27-29-63-31-45-80-82-47-43-77(59-88(82)92(3,4)86(80)53-63)94(74-40-36-66-18-10-14-22-70(66)56-74)75-41-37-67-19-11-15-23-71(67)57-75/h5-59H,1-4H3/b28-26+,29-27+. The minimum Gasteiger partial charge on any atom is -0.310 e. The Hall–Kier alpha value is -11.3. The molecular weight excluding hydrogens is 1160 g/mol. The lowest BCUT2D eigenvalue weighted by atomic mass is 9.81. The molecule has 0 N–H and O–H groups in total. The molecule has 0 saturated heterocycles. The molecule has 15 aromatic carbocycles. The van der Waals surface area contributed by atoms with E-state index in [1.54, 1.807) is 0 Å². The first-order chi connectivity index (χ1) is 46.5. The maximum atomic E-state index is 2.44. The van der Waals surface area contributed by atoms with Crippen LogP contribution in [0.3, 0.4) is 0 Å². The molecule has 0 aliphatic heterocycles. The van der Waals surface area contributed by atoms with E-state index in [9.17, 15) is 0 Å². The molecule has 0 fully saturated rings. The van der Waals surface area contributed by atoms with Gasteiger partial charge in [0.2, 0.25) is 0 Å². The first kappa shape index (κ1) is 56.5. The quantitative estimate of drug-likeness (QED) is 0.119. The summed E-state index contributed by atoms with van der Waals surface area (Å²) in [6, 6.07) is 116. The Labute approximate surface area is 556 Å². The van der Waals surface area contributed by atoms with Gasteiger partial charge in [-0.25, -0.2) is 0 Å². The lowest BCUT2D eigenvalue weighted by molar-refractivity contribution is 0.660. The zero-order valence-corrected chi connectivity index (χ0v) is 54.5. The van der Waals surface area contributed by atoms with Gasteiger partial charge < -0.3 is 9.80 Å². The Bertz CT molecular complexity index is 5380. The summed E-state index contributed by atoms with van der Waals surface area (Å²) < 4.78 is 0. The highest BCUT2D eigenvalue weighted by Crippen LogP contribution is 2.57. The average Bonchev–Trinajstić information content (AvgIpc) is 1.57. The molecule has 0 atom stereocenters. The number of fused-ring (bicyclic) bond motifs is 13. The van der Waals surface area contributed by atoms with Crippen molar-refractivity contribution in [3.8, 4) is 27.6 Å². The monoisotopic (exact) mass is 1230 g/mol. The van der Waals surface area contributed by atoms with Crippen molar-refractivity contribution < 1.29 is 0 Å². The summed E-state index contributed by atoms with van der Waals surface area (Å²) in [7, 11) is -0.727. The fraction of sp³-hybridized carbons (Fsp3) is 0.0652. The van der Waals surface area contributed by atoms with Crippen LogP contribution in [0.2, 0.25) is 0 Å². The fourth-order valence-electron chi connectivity index (χ4n) is 15.6. The molecule has 1 heterocycles. The van der Waals surface area contributed by atoms with Gasteiger partial charge in [0.15, 0.2) is 0 Å². The summed E-state index contributed by atoms with van der Waals surface area (Å²) >= 11 is 0. The number of hydrogen-bond acceptors (Lipinski definition) is 2. The van der Waals surface area contributed by atoms with E-state index in [0.717, 1.165) is 34.1 Å². The van der Waals surface area contributed by atoms with Gasteiger partial charge in [0.05, 0.1) is 0 Å². The van der Waals surface area contributed by atoms with Crippen LogP contribution in [0.25, 0.3) is 116 Å². The minimum absolute atomic E-state index is 0.225. The van der Waals surface area contributed by atoms with Gasteiger partial charge in [-0.1, -0.05) is 272 Å². The molecule has 0 radical (unpaired) electrons. The summed E-state index contributed by atoms with van der Waals surface area (Å²) in [5, 5.41) is 16.7. The molecule has 18 rings (SSSR count). The molecule has 16 aromatic rings. The van der Waals surface area contributed by atoms with Crippen molar-refractivity contribution in [2.75, 3.05) is 9.80 Å². The second kappa shape index (κ2) is 22.2. The van der Waals surface area contributed by atoms with Crippen LogP contribution in [-0.2, 0) is 10.8 Å². The third kappa shape index (κ3) is 9.62. The first-order valence-electron chi connectivity index (χ1n) is 33.2. The Morgan fingerprint density at radius 2 is 0.516 bits per heavy atom. The normalized spacial score (nSPS) is 13.6. The molecule has 2 aliphatic rings. The molecule has 0 bridgehead atoms. The van der Waals surface area contributed by atoms with Crippen LogP contribution in [0.1, 0.15) is 72.2 Å². The Kier molecular flexibility index (Phi) is 13.2. The van der Waals surface area contributed by atoms with Crippen molar-refractivity contribution in [2.24, 2.45) is 0 Å². The van der Waals surface area contributed by atoms with Gasteiger partial charge in [-0.15, -0.1) is 0 Å². The van der Waals surface area contributed by atoms with Crippen molar-refractivity contribution in [1.29, 1.82) is 0 Å². The van der Waals surface area contributed by atoms with E-state index in [1.165, 1.54) is 136 Å². The Morgan fingerprint density at radius 1 is 0.242 bits per heavy atom. The molecule has 1 aromatic heterocycles. The van der Waals surface area contributed by atoms with E-state index in [-0.39, 0.29) is 10.8 Å². The first-order valence-corrected chi connectivity index (χ1v) is 34.5. The summed E-state index contributed by atoms with van der Waals surface area (Å²) in [4.78, 5) is 4.86. The van der Waals surface area contributed by atoms with Gasteiger partial charge in [-0.2, -0.15) is 0 Å². The number of rotatable bonds is 11. The smallest absolute Gasteiger partial charge is 0.0468 e. The van der Waals surface area contributed by atoms with Crippen LogP contribution >= 0.6 is 7.53 Å². The van der Waals surface area contributed by atoms with Crippen LogP contribution in [0.5, 0.6) is 0 Å². The maximum absolute atomic E-state index is 2.44. The third-order valence-electron chi connectivity index (χ3n) is 20.6. The predicted octanol–water partition coefficient (Wildman–Crippen LogP) is 26.5. The van der Waals surface area contributed by atoms with Crippen molar-refractivity contribution in [3.05, 3.63) is 354 Å². The Balaban J connectivity index is 0.647. The van der Waals surface area contributed by atoms with Crippen LogP contribution in [0, 0.1) is 0 Å². The predicted molar refractivity (Wildman–Crippen MR) is 411 cm³/mol. The molecule has 0 saturated carbocycles. The molecule has 3 heteroatoms. The number of anilines is 6. The van der Waals surface area contributed by atoms with E-state index < -0.39 is 7.53 Å². The highest BCUT2D eigenvalue weighted by molar-refractivity contribution is 7.67. The third-order valence-corrected chi connectivity index (χ3v) is 23.2. The fourth-order valence-corrected chi connectivity index (χ4v) is 18.2. The molecule has 2 nitrogen and oxygen atoms in total. The number of hydrogen-bond donors (Lipinski definition) is 0. The molecule has 0 unspecified atom stereocenters. The van der Waals surface area contributed by atoms with Crippen molar-refractivity contribution in [2.45, 2.75) is 38.5 Å². The number of nitrogens with zero attached hydrogens (tertiary/aromatic N) is 2. The van der Waals surface area contributed by atoms with E-state index >= 15 is 0 Å².